The van der Waals surface area contributed by atoms with Crippen molar-refractivity contribution in [3.63, 3.8) is 0 Å². The summed E-state index contributed by atoms with van der Waals surface area (Å²) >= 11 is 0. The Balaban J connectivity index is 1.28. The molecule has 11 heteroatoms. The summed E-state index contributed by atoms with van der Waals surface area (Å²) in [5.74, 6) is 0.779. The fourth-order valence-corrected chi connectivity index (χ4v) is 5.86. The first-order chi connectivity index (χ1) is 19.4. The molecule has 2 aliphatic rings. The Labute approximate surface area is 229 Å². The highest BCUT2D eigenvalue weighted by atomic mass is 16.3. The minimum atomic E-state index is -0.138. The summed E-state index contributed by atoms with van der Waals surface area (Å²) in [6, 6.07) is 9.77. The standard InChI is InChI=1S/C29H28N8O3/c1-35(2)15-21-17(16-10-26(38)36(3)14-16)5-7-24(34-21)33-20-6-4-18(19-11-31-28(39)27(19)20)23-12-30-25-13-32-29-22(37(23)25)8-9-40-29/h4-9,12-13,16H,10-11,14-15H2,1-3H3,(H,31,39)(H,33,34)/t16-/m0/s1. The van der Waals surface area contributed by atoms with Crippen LogP contribution < -0.4 is 10.6 Å². The van der Waals surface area contributed by atoms with Gasteiger partial charge in [-0.05, 0) is 37.4 Å². The number of nitrogens with one attached hydrogen (secondary N) is 2. The van der Waals surface area contributed by atoms with E-state index in [9.17, 15) is 9.59 Å². The smallest absolute Gasteiger partial charge is 0.254 e. The first-order valence-electron chi connectivity index (χ1n) is 13.2. The van der Waals surface area contributed by atoms with Gasteiger partial charge in [0.05, 0.1) is 41.3 Å². The maximum atomic E-state index is 13.1. The summed E-state index contributed by atoms with van der Waals surface area (Å²) in [4.78, 5) is 42.9. The van der Waals surface area contributed by atoms with Crippen molar-refractivity contribution in [1.82, 2.24) is 34.5 Å². The molecule has 0 aliphatic carbocycles. The summed E-state index contributed by atoms with van der Waals surface area (Å²) in [6.07, 6.45) is 5.57. The molecule has 6 heterocycles. The molecular formula is C29H28N8O3. The van der Waals surface area contributed by atoms with Crippen molar-refractivity contribution < 1.29 is 14.0 Å². The minimum absolute atomic E-state index is 0.116. The van der Waals surface area contributed by atoms with Crippen LogP contribution in [-0.4, -0.2) is 68.7 Å². The van der Waals surface area contributed by atoms with Gasteiger partial charge in [-0.1, -0.05) is 12.1 Å². The number of carbonyl (C=O) groups excluding carboxylic acids is 2. The largest absolute Gasteiger partial charge is 0.445 e. The molecule has 40 heavy (non-hydrogen) atoms. The molecule has 2 aliphatic heterocycles. The molecule has 2 N–H and O–H groups in total. The zero-order valence-corrected chi connectivity index (χ0v) is 22.4. The Morgan fingerprint density at radius 2 is 2.00 bits per heavy atom. The van der Waals surface area contributed by atoms with Gasteiger partial charge in [0, 0.05) is 50.7 Å². The molecule has 1 aromatic carbocycles. The van der Waals surface area contributed by atoms with Crippen molar-refractivity contribution in [3.05, 3.63) is 71.4 Å². The van der Waals surface area contributed by atoms with Crippen LogP contribution in [0.5, 0.6) is 0 Å². The number of likely N-dealkylation sites (tertiary alicyclic amines) is 1. The maximum Gasteiger partial charge on any atom is 0.254 e. The monoisotopic (exact) mass is 536 g/mol. The summed E-state index contributed by atoms with van der Waals surface area (Å²) in [5, 5.41) is 6.39. The Kier molecular flexibility index (Phi) is 5.56. The number of likely N-dealkylation sites (N-methyl/N-ethyl adjacent to an activating group) is 1. The number of pyridine rings is 1. The minimum Gasteiger partial charge on any atom is -0.445 e. The number of hydrogen-bond acceptors (Lipinski definition) is 8. The van der Waals surface area contributed by atoms with Gasteiger partial charge >= 0.3 is 0 Å². The first kappa shape index (κ1) is 24.3. The van der Waals surface area contributed by atoms with Crippen LogP contribution in [0.1, 0.15) is 39.5 Å². The number of carbonyl (C=O) groups is 2. The number of amides is 2. The second-order valence-corrected chi connectivity index (χ2v) is 10.7. The SMILES string of the molecule is CN(C)Cc1nc(Nc2ccc(-c3cnc4cnc5occc5n34)c3c2C(=O)NC3)ccc1[C@H]1CC(=O)N(C)C1. The number of benzene rings is 1. The summed E-state index contributed by atoms with van der Waals surface area (Å²) in [6.45, 7) is 1.74. The van der Waals surface area contributed by atoms with Crippen molar-refractivity contribution in [2.45, 2.75) is 25.4 Å². The molecule has 0 saturated carbocycles. The molecule has 202 valence electrons. The van der Waals surface area contributed by atoms with Gasteiger partial charge in [0.2, 0.25) is 11.6 Å². The van der Waals surface area contributed by atoms with E-state index in [2.05, 4.69) is 31.6 Å². The third kappa shape index (κ3) is 3.89. The van der Waals surface area contributed by atoms with E-state index in [1.165, 1.54) is 0 Å². The van der Waals surface area contributed by atoms with E-state index in [1.807, 2.05) is 49.8 Å². The number of hydrogen-bond donors (Lipinski definition) is 2. The van der Waals surface area contributed by atoms with E-state index >= 15 is 0 Å². The third-order valence-electron chi connectivity index (χ3n) is 7.71. The zero-order valence-electron chi connectivity index (χ0n) is 22.4. The predicted molar refractivity (Wildman–Crippen MR) is 149 cm³/mol. The highest BCUT2D eigenvalue weighted by molar-refractivity contribution is 6.06. The molecule has 2 amide bonds. The quantitative estimate of drug-likeness (QED) is 0.338. The van der Waals surface area contributed by atoms with Crippen LogP contribution >= 0.6 is 0 Å². The molecule has 0 radical (unpaired) electrons. The average molecular weight is 537 g/mol. The Morgan fingerprint density at radius 1 is 1.12 bits per heavy atom. The number of imidazole rings is 1. The number of anilines is 2. The van der Waals surface area contributed by atoms with Gasteiger partial charge < -0.3 is 24.9 Å². The second-order valence-electron chi connectivity index (χ2n) is 10.7. The fraction of sp³-hybridized carbons (Fsp3) is 0.276. The van der Waals surface area contributed by atoms with Gasteiger partial charge in [-0.3, -0.25) is 14.0 Å². The number of aromatic nitrogens is 4. The van der Waals surface area contributed by atoms with Crippen molar-refractivity contribution in [3.8, 4) is 11.3 Å². The Morgan fingerprint density at radius 3 is 2.80 bits per heavy atom. The van der Waals surface area contributed by atoms with Crippen LogP contribution in [0, 0.1) is 0 Å². The lowest BCUT2D eigenvalue weighted by Gasteiger charge is -2.19. The molecule has 5 aromatic rings. The lowest BCUT2D eigenvalue weighted by molar-refractivity contribution is -0.126. The van der Waals surface area contributed by atoms with Crippen LogP contribution in [0.25, 0.3) is 28.1 Å². The number of rotatable bonds is 6. The summed E-state index contributed by atoms with van der Waals surface area (Å²) < 4.78 is 7.50. The highest BCUT2D eigenvalue weighted by Crippen LogP contribution is 2.37. The molecule has 0 bridgehead atoms. The van der Waals surface area contributed by atoms with Crippen molar-refractivity contribution >= 4 is 40.2 Å². The van der Waals surface area contributed by atoms with Gasteiger partial charge in [-0.2, -0.15) is 0 Å². The van der Waals surface area contributed by atoms with Crippen LogP contribution in [0.3, 0.4) is 0 Å². The van der Waals surface area contributed by atoms with Gasteiger partial charge in [0.25, 0.3) is 5.91 Å². The topological polar surface area (TPSA) is 121 Å². The molecular weight excluding hydrogens is 508 g/mol. The second kappa shape index (κ2) is 9.16. The van der Waals surface area contributed by atoms with Crippen LogP contribution in [-0.2, 0) is 17.9 Å². The lowest BCUT2D eigenvalue weighted by atomic mass is 9.96. The van der Waals surface area contributed by atoms with Gasteiger partial charge in [-0.25, -0.2) is 15.0 Å². The van der Waals surface area contributed by atoms with E-state index in [1.54, 1.807) is 23.6 Å². The number of fused-ring (bicyclic) bond motifs is 4. The molecule has 1 fully saturated rings. The molecule has 0 spiro atoms. The van der Waals surface area contributed by atoms with E-state index in [0.29, 0.717) is 54.5 Å². The van der Waals surface area contributed by atoms with E-state index in [4.69, 9.17) is 9.40 Å². The van der Waals surface area contributed by atoms with Crippen molar-refractivity contribution in [1.29, 1.82) is 0 Å². The fourth-order valence-electron chi connectivity index (χ4n) is 5.86. The summed E-state index contributed by atoms with van der Waals surface area (Å²) in [7, 11) is 5.84. The Hall–Kier alpha value is -4.77. The molecule has 1 saturated heterocycles. The molecule has 4 aromatic heterocycles. The molecule has 0 unspecified atom stereocenters. The highest BCUT2D eigenvalue weighted by Gasteiger charge is 2.31. The summed E-state index contributed by atoms with van der Waals surface area (Å²) in [5.41, 5.74) is 7.97. The molecule has 1 atom stereocenters. The molecule has 11 nitrogen and oxygen atoms in total. The van der Waals surface area contributed by atoms with Gasteiger partial charge in [0.15, 0.2) is 5.65 Å². The van der Waals surface area contributed by atoms with Crippen LogP contribution in [0.2, 0.25) is 0 Å². The van der Waals surface area contributed by atoms with E-state index in [-0.39, 0.29) is 17.7 Å². The average Bonchev–Trinajstić information content (AvgIpc) is 3.71. The van der Waals surface area contributed by atoms with Crippen LogP contribution in [0.4, 0.5) is 11.5 Å². The number of nitrogens with zero attached hydrogens (tertiary/aromatic N) is 6. The lowest BCUT2D eigenvalue weighted by Crippen LogP contribution is -2.19. The van der Waals surface area contributed by atoms with Crippen LogP contribution in [0.15, 0.2) is 53.4 Å². The van der Waals surface area contributed by atoms with Gasteiger partial charge in [0.1, 0.15) is 11.3 Å². The maximum absolute atomic E-state index is 13.1. The molecule has 7 rings (SSSR count). The predicted octanol–water partition coefficient (Wildman–Crippen LogP) is 3.53. The first-order valence-corrected chi connectivity index (χ1v) is 13.2. The Bertz CT molecular complexity index is 1820. The van der Waals surface area contributed by atoms with Crippen molar-refractivity contribution in [2.24, 2.45) is 0 Å². The number of furan rings is 1. The van der Waals surface area contributed by atoms with E-state index < -0.39 is 0 Å². The normalized spacial score (nSPS) is 16.9. The third-order valence-corrected chi connectivity index (χ3v) is 7.71. The van der Waals surface area contributed by atoms with Gasteiger partial charge in [-0.15, -0.1) is 0 Å². The zero-order chi connectivity index (χ0) is 27.5. The van der Waals surface area contributed by atoms with E-state index in [0.717, 1.165) is 33.6 Å². The van der Waals surface area contributed by atoms with Crippen molar-refractivity contribution in [2.75, 3.05) is 33.0 Å².